The van der Waals surface area contributed by atoms with Crippen LogP contribution >= 0.6 is 0 Å². The highest BCUT2D eigenvalue weighted by molar-refractivity contribution is 4.70. The molecule has 0 unspecified atom stereocenters. The van der Waals surface area contributed by atoms with E-state index in [1.54, 1.807) is 7.11 Å². The normalized spacial score (nSPS) is 25.1. The van der Waals surface area contributed by atoms with Crippen LogP contribution in [0.4, 0.5) is 0 Å². The van der Waals surface area contributed by atoms with Crippen molar-refractivity contribution in [3.05, 3.63) is 0 Å². The lowest BCUT2D eigenvalue weighted by Gasteiger charge is -2.26. The van der Waals surface area contributed by atoms with Crippen molar-refractivity contribution < 1.29 is 9.47 Å². The maximum absolute atomic E-state index is 5.39. The summed E-state index contributed by atoms with van der Waals surface area (Å²) in [5, 5.41) is 3.45. The first kappa shape index (κ1) is 14.9. The molecular formula is C14H29NO2. The second-order valence-corrected chi connectivity index (χ2v) is 5.27. The van der Waals surface area contributed by atoms with Crippen molar-refractivity contribution >= 4 is 0 Å². The molecule has 1 aliphatic carbocycles. The summed E-state index contributed by atoms with van der Waals surface area (Å²) in [5.41, 5.74) is 0. The molecule has 17 heavy (non-hydrogen) atoms. The fourth-order valence-electron chi connectivity index (χ4n) is 2.44. The second kappa shape index (κ2) is 9.86. The smallest absolute Gasteiger partial charge is 0.0700 e. The summed E-state index contributed by atoms with van der Waals surface area (Å²) >= 11 is 0. The van der Waals surface area contributed by atoms with Crippen LogP contribution in [0.3, 0.4) is 0 Å². The van der Waals surface area contributed by atoms with Gasteiger partial charge in [0.15, 0.2) is 0 Å². The van der Waals surface area contributed by atoms with E-state index in [0.717, 1.165) is 31.5 Å². The van der Waals surface area contributed by atoms with Gasteiger partial charge >= 0.3 is 0 Å². The van der Waals surface area contributed by atoms with Gasteiger partial charge in [0.2, 0.25) is 0 Å². The summed E-state index contributed by atoms with van der Waals surface area (Å²) in [4.78, 5) is 0. The van der Waals surface area contributed by atoms with Gasteiger partial charge in [0.25, 0.3) is 0 Å². The van der Waals surface area contributed by atoms with E-state index in [1.807, 2.05) is 0 Å². The zero-order valence-corrected chi connectivity index (χ0v) is 11.5. The van der Waals surface area contributed by atoms with Crippen LogP contribution in [0, 0.1) is 11.8 Å². The van der Waals surface area contributed by atoms with Gasteiger partial charge in [-0.05, 0) is 24.8 Å². The van der Waals surface area contributed by atoms with Crippen molar-refractivity contribution in [2.24, 2.45) is 11.8 Å². The Labute approximate surface area is 106 Å². The largest absolute Gasteiger partial charge is 0.382 e. The summed E-state index contributed by atoms with van der Waals surface area (Å²) in [7, 11) is 1.70. The number of ether oxygens (including phenoxy) is 2. The van der Waals surface area contributed by atoms with Crippen LogP contribution in [0.2, 0.25) is 0 Å². The van der Waals surface area contributed by atoms with Gasteiger partial charge in [0, 0.05) is 13.7 Å². The maximum atomic E-state index is 5.39. The average Bonchev–Trinajstić information content (AvgIpc) is 2.35. The topological polar surface area (TPSA) is 30.5 Å². The molecular weight excluding hydrogens is 214 g/mol. The molecule has 0 aromatic rings. The summed E-state index contributed by atoms with van der Waals surface area (Å²) < 4.78 is 10.3. The number of methoxy groups -OCH3 is 1. The third-order valence-electron chi connectivity index (χ3n) is 3.72. The molecule has 0 atom stereocenters. The summed E-state index contributed by atoms with van der Waals surface area (Å²) in [6, 6.07) is 0. The Balaban J connectivity index is 1.81. The van der Waals surface area contributed by atoms with Crippen molar-refractivity contribution in [1.29, 1.82) is 0 Å². The van der Waals surface area contributed by atoms with Crippen LogP contribution in [0.1, 0.15) is 39.0 Å². The number of hydrogen-bond acceptors (Lipinski definition) is 3. The van der Waals surface area contributed by atoms with Gasteiger partial charge < -0.3 is 14.8 Å². The van der Waals surface area contributed by atoms with Gasteiger partial charge in [-0.2, -0.15) is 0 Å². The molecule has 1 fully saturated rings. The molecule has 0 aliphatic heterocycles. The zero-order chi connectivity index (χ0) is 12.3. The van der Waals surface area contributed by atoms with Crippen molar-refractivity contribution in [3.63, 3.8) is 0 Å². The molecule has 0 spiro atoms. The van der Waals surface area contributed by atoms with Crippen LogP contribution < -0.4 is 5.32 Å². The van der Waals surface area contributed by atoms with Crippen LogP contribution in [-0.4, -0.2) is 40.0 Å². The Kier molecular flexibility index (Phi) is 8.67. The molecule has 102 valence electrons. The Bertz CT molecular complexity index is 168. The van der Waals surface area contributed by atoms with Gasteiger partial charge in [-0.15, -0.1) is 0 Å². The van der Waals surface area contributed by atoms with Crippen molar-refractivity contribution in [3.8, 4) is 0 Å². The Morgan fingerprint density at radius 3 is 2.47 bits per heavy atom. The lowest BCUT2D eigenvalue weighted by atomic mass is 9.81. The maximum Gasteiger partial charge on any atom is 0.0700 e. The quantitative estimate of drug-likeness (QED) is 0.631. The van der Waals surface area contributed by atoms with Gasteiger partial charge in [-0.25, -0.2) is 0 Å². The monoisotopic (exact) mass is 243 g/mol. The van der Waals surface area contributed by atoms with E-state index in [0.29, 0.717) is 13.2 Å². The summed E-state index contributed by atoms with van der Waals surface area (Å²) in [6.45, 7) is 6.69. The first-order valence-corrected chi connectivity index (χ1v) is 7.10. The Morgan fingerprint density at radius 2 is 1.76 bits per heavy atom. The van der Waals surface area contributed by atoms with Crippen molar-refractivity contribution in [2.75, 3.05) is 40.0 Å². The number of hydrogen-bond donors (Lipinski definition) is 1. The standard InChI is InChI=1S/C14H29NO2/c1-13-3-5-14(6-4-13)7-8-15-9-10-17-12-11-16-2/h13-15H,3-12H2,1-2H3. The van der Waals surface area contributed by atoms with Crippen LogP contribution in [0.15, 0.2) is 0 Å². The van der Waals surface area contributed by atoms with Crippen molar-refractivity contribution in [2.45, 2.75) is 39.0 Å². The summed E-state index contributed by atoms with van der Waals surface area (Å²) in [6.07, 6.45) is 7.08. The van der Waals surface area contributed by atoms with Crippen LogP contribution in [-0.2, 0) is 9.47 Å². The lowest BCUT2D eigenvalue weighted by molar-refractivity contribution is 0.0718. The van der Waals surface area contributed by atoms with Gasteiger partial charge in [-0.1, -0.05) is 32.6 Å². The van der Waals surface area contributed by atoms with Gasteiger partial charge in [0.1, 0.15) is 0 Å². The third kappa shape index (κ3) is 7.74. The minimum atomic E-state index is 0.695. The molecule has 0 aromatic heterocycles. The average molecular weight is 243 g/mol. The molecule has 3 nitrogen and oxygen atoms in total. The molecule has 0 aromatic carbocycles. The molecule has 1 rings (SSSR count). The molecule has 1 saturated carbocycles. The Hall–Kier alpha value is -0.120. The minimum Gasteiger partial charge on any atom is -0.382 e. The fourth-order valence-corrected chi connectivity index (χ4v) is 2.44. The predicted molar refractivity (Wildman–Crippen MR) is 71.3 cm³/mol. The van der Waals surface area contributed by atoms with Gasteiger partial charge in [-0.3, -0.25) is 0 Å². The molecule has 0 saturated heterocycles. The highest BCUT2D eigenvalue weighted by Gasteiger charge is 2.17. The van der Waals surface area contributed by atoms with Gasteiger partial charge in [0.05, 0.1) is 19.8 Å². The van der Waals surface area contributed by atoms with Crippen LogP contribution in [0.25, 0.3) is 0 Å². The molecule has 0 bridgehead atoms. The highest BCUT2D eigenvalue weighted by Crippen LogP contribution is 2.29. The Morgan fingerprint density at radius 1 is 1.00 bits per heavy atom. The van der Waals surface area contributed by atoms with E-state index in [2.05, 4.69) is 12.2 Å². The minimum absolute atomic E-state index is 0.695. The summed E-state index contributed by atoms with van der Waals surface area (Å²) in [5.74, 6) is 1.93. The third-order valence-corrected chi connectivity index (χ3v) is 3.72. The van der Waals surface area contributed by atoms with E-state index >= 15 is 0 Å². The molecule has 0 amide bonds. The molecule has 1 aliphatic rings. The second-order valence-electron chi connectivity index (χ2n) is 5.27. The molecule has 0 radical (unpaired) electrons. The first-order chi connectivity index (χ1) is 8.33. The first-order valence-electron chi connectivity index (χ1n) is 7.10. The lowest BCUT2D eigenvalue weighted by Crippen LogP contribution is -2.24. The predicted octanol–water partition coefficient (Wildman–Crippen LogP) is 2.46. The molecule has 0 heterocycles. The highest BCUT2D eigenvalue weighted by atomic mass is 16.5. The van der Waals surface area contributed by atoms with E-state index in [9.17, 15) is 0 Å². The van der Waals surface area contributed by atoms with E-state index < -0.39 is 0 Å². The number of rotatable bonds is 9. The van der Waals surface area contributed by atoms with E-state index in [-0.39, 0.29) is 0 Å². The van der Waals surface area contributed by atoms with E-state index in [4.69, 9.17) is 9.47 Å². The van der Waals surface area contributed by atoms with Crippen LogP contribution in [0.5, 0.6) is 0 Å². The number of nitrogens with one attached hydrogen (secondary N) is 1. The molecule has 1 N–H and O–H groups in total. The molecule has 3 heteroatoms. The van der Waals surface area contributed by atoms with Crippen molar-refractivity contribution in [1.82, 2.24) is 5.32 Å². The SMILES string of the molecule is COCCOCCNCCC1CCC(C)CC1. The zero-order valence-electron chi connectivity index (χ0n) is 11.5. The van der Waals surface area contributed by atoms with E-state index in [1.165, 1.54) is 32.1 Å². The fraction of sp³-hybridized carbons (Fsp3) is 1.00.